The van der Waals surface area contributed by atoms with Crippen LogP contribution in [0.25, 0.3) is 0 Å². The van der Waals surface area contributed by atoms with E-state index >= 15 is 0 Å². The minimum Gasteiger partial charge on any atom is -0.307 e. The SMILES string of the molecule is CCNC(c1ccc(CC)cc1)c1ccc(SC)cc1. The predicted molar refractivity (Wildman–Crippen MR) is 89.6 cm³/mol. The number of benzene rings is 2. The lowest BCUT2D eigenvalue weighted by atomic mass is 9.97. The molecule has 20 heavy (non-hydrogen) atoms. The fourth-order valence-electron chi connectivity index (χ4n) is 2.37. The normalized spacial score (nSPS) is 12.3. The second-order valence-corrected chi connectivity index (χ2v) is 5.74. The summed E-state index contributed by atoms with van der Waals surface area (Å²) in [7, 11) is 0. The van der Waals surface area contributed by atoms with Crippen LogP contribution in [-0.4, -0.2) is 12.8 Å². The molecule has 0 fully saturated rings. The van der Waals surface area contributed by atoms with Crippen molar-refractivity contribution >= 4 is 11.8 Å². The van der Waals surface area contributed by atoms with Crippen molar-refractivity contribution in [3.8, 4) is 0 Å². The Kier molecular flexibility index (Phi) is 5.69. The third-order valence-corrected chi connectivity index (χ3v) is 4.32. The van der Waals surface area contributed by atoms with Crippen molar-refractivity contribution in [2.45, 2.75) is 31.2 Å². The Bertz CT molecular complexity index is 469. The van der Waals surface area contributed by atoms with Gasteiger partial charge in [0.25, 0.3) is 0 Å². The van der Waals surface area contributed by atoms with Crippen LogP contribution in [0.1, 0.15) is 36.6 Å². The van der Waals surface area contributed by atoms with Crippen molar-refractivity contribution in [2.24, 2.45) is 0 Å². The smallest absolute Gasteiger partial charge is 0.0576 e. The first-order valence-corrected chi connectivity index (χ1v) is 8.47. The van der Waals surface area contributed by atoms with Crippen LogP contribution in [0.3, 0.4) is 0 Å². The molecular formula is C18H23NS. The molecule has 0 spiro atoms. The van der Waals surface area contributed by atoms with Crippen molar-refractivity contribution < 1.29 is 0 Å². The van der Waals surface area contributed by atoms with E-state index in [1.165, 1.54) is 21.6 Å². The molecule has 0 aromatic heterocycles. The van der Waals surface area contributed by atoms with Gasteiger partial charge < -0.3 is 5.32 Å². The summed E-state index contributed by atoms with van der Waals surface area (Å²) < 4.78 is 0. The van der Waals surface area contributed by atoms with E-state index in [0.29, 0.717) is 0 Å². The van der Waals surface area contributed by atoms with Gasteiger partial charge in [0.2, 0.25) is 0 Å². The van der Waals surface area contributed by atoms with E-state index in [1.54, 1.807) is 11.8 Å². The molecule has 0 aliphatic carbocycles. The quantitative estimate of drug-likeness (QED) is 0.774. The molecule has 1 atom stereocenters. The Labute approximate surface area is 126 Å². The molecule has 0 bridgehead atoms. The highest BCUT2D eigenvalue weighted by atomic mass is 32.2. The van der Waals surface area contributed by atoms with Gasteiger partial charge in [0.1, 0.15) is 0 Å². The maximum Gasteiger partial charge on any atom is 0.0576 e. The summed E-state index contributed by atoms with van der Waals surface area (Å²) in [6.07, 6.45) is 3.20. The number of hydrogen-bond donors (Lipinski definition) is 1. The Balaban J connectivity index is 2.28. The highest BCUT2D eigenvalue weighted by Crippen LogP contribution is 2.25. The van der Waals surface area contributed by atoms with E-state index in [2.05, 4.69) is 74.0 Å². The number of rotatable bonds is 6. The topological polar surface area (TPSA) is 12.0 Å². The molecule has 0 radical (unpaired) electrons. The zero-order valence-electron chi connectivity index (χ0n) is 12.5. The number of hydrogen-bond acceptors (Lipinski definition) is 2. The lowest BCUT2D eigenvalue weighted by Crippen LogP contribution is -2.21. The molecule has 2 aromatic carbocycles. The molecule has 2 rings (SSSR count). The summed E-state index contributed by atoms with van der Waals surface area (Å²) in [5.41, 5.74) is 4.05. The van der Waals surface area contributed by atoms with Gasteiger partial charge in [0, 0.05) is 4.90 Å². The van der Waals surface area contributed by atoms with Gasteiger partial charge in [-0.25, -0.2) is 0 Å². The van der Waals surface area contributed by atoms with Crippen LogP contribution in [0, 0.1) is 0 Å². The maximum absolute atomic E-state index is 3.58. The van der Waals surface area contributed by atoms with Gasteiger partial charge in [-0.15, -0.1) is 11.8 Å². The molecule has 0 saturated heterocycles. The van der Waals surface area contributed by atoms with Crippen LogP contribution >= 0.6 is 11.8 Å². The number of nitrogens with one attached hydrogen (secondary N) is 1. The van der Waals surface area contributed by atoms with Gasteiger partial charge in [0.15, 0.2) is 0 Å². The standard InChI is InChI=1S/C18H23NS/c1-4-14-6-8-15(9-7-14)18(19-5-2)16-10-12-17(20-3)13-11-16/h6-13,18-19H,4-5H2,1-3H3. The molecule has 1 unspecified atom stereocenters. The molecular weight excluding hydrogens is 262 g/mol. The summed E-state index contributed by atoms with van der Waals surface area (Å²) in [6, 6.07) is 18.1. The van der Waals surface area contributed by atoms with Gasteiger partial charge in [-0.2, -0.15) is 0 Å². The summed E-state index contributed by atoms with van der Waals surface area (Å²) in [6.45, 7) is 5.31. The zero-order chi connectivity index (χ0) is 14.4. The van der Waals surface area contributed by atoms with Crippen LogP contribution < -0.4 is 5.32 Å². The van der Waals surface area contributed by atoms with Gasteiger partial charge in [-0.3, -0.25) is 0 Å². The van der Waals surface area contributed by atoms with Gasteiger partial charge in [-0.05, 0) is 48.0 Å². The van der Waals surface area contributed by atoms with E-state index in [4.69, 9.17) is 0 Å². The Morgan fingerprint density at radius 3 is 1.90 bits per heavy atom. The third kappa shape index (κ3) is 3.65. The van der Waals surface area contributed by atoms with Crippen molar-refractivity contribution in [1.29, 1.82) is 0 Å². The van der Waals surface area contributed by atoms with Gasteiger partial charge in [-0.1, -0.05) is 50.2 Å². The van der Waals surface area contributed by atoms with Crippen LogP contribution in [0.4, 0.5) is 0 Å². The molecule has 0 heterocycles. The highest BCUT2D eigenvalue weighted by Gasteiger charge is 2.12. The summed E-state index contributed by atoms with van der Waals surface area (Å²) in [5.74, 6) is 0. The highest BCUT2D eigenvalue weighted by molar-refractivity contribution is 7.98. The first kappa shape index (κ1) is 15.1. The first-order chi connectivity index (χ1) is 9.78. The van der Waals surface area contributed by atoms with Gasteiger partial charge >= 0.3 is 0 Å². The zero-order valence-corrected chi connectivity index (χ0v) is 13.3. The molecule has 0 saturated carbocycles. The largest absolute Gasteiger partial charge is 0.307 e. The maximum atomic E-state index is 3.58. The lowest BCUT2D eigenvalue weighted by Gasteiger charge is -2.19. The van der Waals surface area contributed by atoms with Crippen molar-refractivity contribution in [2.75, 3.05) is 12.8 Å². The molecule has 1 nitrogen and oxygen atoms in total. The van der Waals surface area contributed by atoms with Crippen LogP contribution in [0.5, 0.6) is 0 Å². The lowest BCUT2D eigenvalue weighted by molar-refractivity contribution is 0.630. The van der Waals surface area contributed by atoms with Gasteiger partial charge in [0.05, 0.1) is 6.04 Å². The number of thioether (sulfide) groups is 1. The summed E-state index contributed by atoms with van der Waals surface area (Å²) >= 11 is 1.78. The molecule has 0 amide bonds. The molecule has 1 N–H and O–H groups in total. The Hall–Kier alpha value is -1.25. The molecule has 2 aromatic rings. The molecule has 2 heteroatoms. The molecule has 0 aliphatic rings. The van der Waals surface area contributed by atoms with Crippen molar-refractivity contribution in [1.82, 2.24) is 5.32 Å². The fraction of sp³-hybridized carbons (Fsp3) is 0.333. The van der Waals surface area contributed by atoms with Crippen LogP contribution in [0.2, 0.25) is 0 Å². The summed E-state index contributed by atoms with van der Waals surface area (Å²) in [5, 5.41) is 3.58. The van der Waals surface area contributed by atoms with E-state index in [-0.39, 0.29) is 6.04 Å². The predicted octanol–water partition coefficient (Wildman–Crippen LogP) is 4.67. The van der Waals surface area contributed by atoms with E-state index in [0.717, 1.165) is 13.0 Å². The summed E-state index contributed by atoms with van der Waals surface area (Å²) in [4.78, 5) is 1.31. The second kappa shape index (κ2) is 7.51. The minimum absolute atomic E-state index is 0.279. The fourth-order valence-corrected chi connectivity index (χ4v) is 2.78. The van der Waals surface area contributed by atoms with E-state index in [1.807, 2.05) is 0 Å². The minimum atomic E-state index is 0.279. The van der Waals surface area contributed by atoms with E-state index < -0.39 is 0 Å². The van der Waals surface area contributed by atoms with Crippen LogP contribution in [0.15, 0.2) is 53.4 Å². The third-order valence-electron chi connectivity index (χ3n) is 3.58. The first-order valence-electron chi connectivity index (χ1n) is 7.24. The Morgan fingerprint density at radius 2 is 1.45 bits per heavy atom. The van der Waals surface area contributed by atoms with Crippen molar-refractivity contribution in [3.63, 3.8) is 0 Å². The average Bonchev–Trinajstić information content (AvgIpc) is 2.53. The number of aryl methyl sites for hydroxylation is 1. The van der Waals surface area contributed by atoms with E-state index in [9.17, 15) is 0 Å². The molecule has 0 aliphatic heterocycles. The van der Waals surface area contributed by atoms with Crippen LogP contribution in [-0.2, 0) is 6.42 Å². The molecule has 106 valence electrons. The Morgan fingerprint density at radius 1 is 0.900 bits per heavy atom. The second-order valence-electron chi connectivity index (χ2n) is 4.86. The van der Waals surface area contributed by atoms with Crippen molar-refractivity contribution in [3.05, 3.63) is 65.2 Å². The average molecular weight is 285 g/mol. The monoisotopic (exact) mass is 285 g/mol.